The topological polar surface area (TPSA) is 121 Å². The lowest BCUT2D eigenvalue weighted by Gasteiger charge is -2.19. The van der Waals surface area contributed by atoms with Crippen molar-refractivity contribution in [2.45, 2.75) is 19.1 Å². The third kappa shape index (κ3) is 6.74. The van der Waals surface area contributed by atoms with Crippen LogP contribution in [0.2, 0.25) is 10.0 Å². The first-order valence-electron chi connectivity index (χ1n) is 12.9. The van der Waals surface area contributed by atoms with Gasteiger partial charge in [-0.3, -0.25) is 4.79 Å². The minimum absolute atomic E-state index is 0.00446. The van der Waals surface area contributed by atoms with Crippen molar-refractivity contribution in [2.24, 2.45) is 0 Å². The van der Waals surface area contributed by atoms with Crippen LogP contribution in [0.25, 0.3) is 22.0 Å². The number of hydrogen-bond donors (Lipinski definition) is 4. The number of anilines is 1. The van der Waals surface area contributed by atoms with E-state index in [4.69, 9.17) is 27.9 Å². The number of aromatic amines is 1. The van der Waals surface area contributed by atoms with Crippen molar-refractivity contribution < 1.29 is 24.2 Å². The summed E-state index contributed by atoms with van der Waals surface area (Å²) in [6.45, 7) is 0.0377. The number of fused-ring (bicyclic) bond motifs is 1. The summed E-state index contributed by atoms with van der Waals surface area (Å²) in [6, 6.07) is 24.9. The van der Waals surface area contributed by atoms with Crippen LogP contribution < -0.4 is 10.6 Å². The molecule has 1 heterocycles. The van der Waals surface area contributed by atoms with Gasteiger partial charge in [0.25, 0.3) is 0 Å². The van der Waals surface area contributed by atoms with Gasteiger partial charge in [-0.2, -0.15) is 0 Å². The van der Waals surface area contributed by atoms with Crippen LogP contribution in [0.3, 0.4) is 0 Å². The molecular weight excluding hydrogens is 577 g/mol. The normalized spacial score (nSPS) is 11.6. The van der Waals surface area contributed by atoms with Crippen molar-refractivity contribution in [3.8, 4) is 11.1 Å². The van der Waals surface area contributed by atoms with Gasteiger partial charge in [0, 0.05) is 44.8 Å². The molecule has 0 saturated heterocycles. The Hall–Kier alpha value is -4.79. The first-order valence-corrected chi connectivity index (χ1v) is 13.7. The summed E-state index contributed by atoms with van der Waals surface area (Å²) in [4.78, 5) is 41.5. The lowest BCUT2D eigenvalue weighted by molar-refractivity contribution is -0.118. The number of carboxylic acids is 1. The predicted octanol–water partition coefficient (Wildman–Crippen LogP) is 7.32. The minimum Gasteiger partial charge on any atom is -0.478 e. The van der Waals surface area contributed by atoms with Crippen LogP contribution in [0.1, 0.15) is 21.5 Å². The molecule has 5 aromatic rings. The second-order valence-electron chi connectivity index (χ2n) is 9.50. The maximum Gasteiger partial charge on any atom is 0.408 e. The molecule has 0 saturated carbocycles. The van der Waals surface area contributed by atoms with Crippen LogP contribution in [-0.4, -0.2) is 34.1 Å². The molecule has 212 valence electrons. The number of halogens is 2. The molecule has 0 spiro atoms. The SMILES string of the molecule is O=C(N[C@@H](Cc1c[nH]c2ccccc12)C(=O)Nc1ccc(C(=O)O)c(-c2ccc(Cl)cc2Cl)c1)OCc1ccccc1. The van der Waals surface area contributed by atoms with E-state index >= 15 is 0 Å². The van der Waals surface area contributed by atoms with Crippen molar-refractivity contribution in [1.29, 1.82) is 0 Å². The zero-order valence-electron chi connectivity index (χ0n) is 22.1. The quantitative estimate of drug-likeness (QED) is 0.141. The number of para-hydroxylation sites is 1. The molecule has 0 fully saturated rings. The number of benzene rings is 4. The number of amides is 2. The number of nitrogens with one attached hydrogen (secondary N) is 3. The average Bonchev–Trinajstić information content (AvgIpc) is 3.39. The maximum atomic E-state index is 13.6. The van der Waals surface area contributed by atoms with Gasteiger partial charge >= 0.3 is 12.1 Å². The molecule has 4 N–H and O–H groups in total. The van der Waals surface area contributed by atoms with E-state index in [0.717, 1.165) is 22.0 Å². The van der Waals surface area contributed by atoms with Gasteiger partial charge < -0.3 is 25.5 Å². The van der Waals surface area contributed by atoms with Crippen molar-refractivity contribution in [1.82, 2.24) is 10.3 Å². The highest BCUT2D eigenvalue weighted by Crippen LogP contribution is 2.34. The molecule has 8 nitrogen and oxygen atoms in total. The van der Waals surface area contributed by atoms with Gasteiger partial charge in [0.2, 0.25) is 5.91 Å². The first kappa shape index (κ1) is 28.7. The first-order chi connectivity index (χ1) is 20.3. The summed E-state index contributed by atoms with van der Waals surface area (Å²) >= 11 is 12.4. The number of H-pyrrole nitrogens is 1. The fourth-order valence-electron chi connectivity index (χ4n) is 4.61. The van der Waals surface area contributed by atoms with Gasteiger partial charge in [-0.1, -0.05) is 77.8 Å². The van der Waals surface area contributed by atoms with Crippen molar-refractivity contribution >= 4 is 57.8 Å². The Morgan fingerprint density at radius 1 is 0.881 bits per heavy atom. The Morgan fingerprint density at radius 3 is 2.40 bits per heavy atom. The van der Waals surface area contributed by atoms with E-state index in [1.165, 1.54) is 24.3 Å². The highest BCUT2D eigenvalue weighted by atomic mass is 35.5. The highest BCUT2D eigenvalue weighted by Gasteiger charge is 2.24. The summed E-state index contributed by atoms with van der Waals surface area (Å²) in [6.07, 6.45) is 1.21. The number of aromatic carboxylic acids is 1. The van der Waals surface area contributed by atoms with Crippen molar-refractivity contribution in [3.05, 3.63) is 124 Å². The van der Waals surface area contributed by atoms with Gasteiger partial charge in [-0.05, 0) is 53.1 Å². The Balaban J connectivity index is 1.41. The average molecular weight is 602 g/mol. The van der Waals surface area contributed by atoms with E-state index < -0.39 is 24.0 Å². The number of aromatic nitrogens is 1. The molecule has 0 aliphatic carbocycles. The third-order valence-corrected chi connectivity index (χ3v) is 7.21. The summed E-state index contributed by atoms with van der Waals surface area (Å²) in [5.41, 5.74) is 3.57. The Kier molecular flexibility index (Phi) is 8.76. The number of rotatable bonds is 9. The number of ether oxygens (including phenoxy) is 1. The van der Waals surface area contributed by atoms with Gasteiger partial charge in [0.05, 0.1) is 5.56 Å². The predicted molar refractivity (Wildman–Crippen MR) is 163 cm³/mol. The van der Waals surface area contributed by atoms with Crippen LogP contribution in [0.15, 0.2) is 97.2 Å². The van der Waals surface area contributed by atoms with Gasteiger partial charge in [-0.25, -0.2) is 9.59 Å². The summed E-state index contributed by atoms with van der Waals surface area (Å²) in [5.74, 6) is -1.68. The number of carboxylic acid groups (broad SMARTS) is 1. The van der Waals surface area contributed by atoms with E-state index in [9.17, 15) is 19.5 Å². The molecule has 0 bridgehead atoms. The van der Waals surface area contributed by atoms with Crippen LogP contribution >= 0.6 is 23.2 Å². The zero-order chi connectivity index (χ0) is 29.6. The Bertz CT molecular complexity index is 1770. The number of hydrogen-bond acceptors (Lipinski definition) is 4. The number of carbonyl (C=O) groups excluding carboxylic acids is 2. The molecule has 1 aromatic heterocycles. The lowest BCUT2D eigenvalue weighted by atomic mass is 9.98. The molecule has 1 atom stereocenters. The highest BCUT2D eigenvalue weighted by molar-refractivity contribution is 6.36. The van der Waals surface area contributed by atoms with Crippen LogP contribution in [0.4, 0.5) is 10.5 Å². The minimum atomic E-state index is -1.16. The monoisotopic (exact) mass is 601 g/mol. The lowest BCUT2D eigenvalue weighted by Crippen LogP contribution is -2.45. The molecule has 4 aromatic carbocycles. The third-order valence-electron chi connectivity index (χ3n) is 6.66. The molecule has 0 unspecified atom stereocenters. The second kappa shape index (κ2) is 12.8. The number of carbonyl (C=O) groups is 3. The standard InChI is InChI=1S/C32H25Cl2N3O5/c33-21-10-12-24(27(34)15-21)26-16-22(11-13-25(26)31(39)40)36-30(38)29(14-20-17-35-28-9-5-4-8-23(20)28)37-32(41)42-18-19-6-2-1-3-7-19/h1-13,15-17,29,35H,14,18H2,(H,36,38)(H,37,41)(H,39,40)/t29-/m0/s1. The fraction of sp³-hybridized carbons (Fsp3) is 0.0938. The molecule has 0 aliphatic heterocycles. The van der Waals surface area contributed by atoms with E-state index in [1.54, 1.807) is 18.3 Å². The summed E-state index contributed by atoms with van der Waals surface area (Å²) in [7, 11) is 0. The maximum absolute atomic E-state index is 13.6. The molecule has 0 aliphatic rings. The van der Waals surface area contributed by atoms with Gasteiger partial charge in [-0.15, -0.1) is 0 Å². The molecule has 0 radical (unpaired) electrons. The van der Waals surface area contributed by atoms with Crippen molar-refractivity contribution in [3.63, 3.8) is 0 Å². The molecule has 5 rings (SSSR count). The van der Waals surface area contributed by atoms with E-state index in [2.05, 4.69) is 15.6 Å². The van der Waals surface area contributed by atoms with E-state index in [0.29, 0.717) is 21.8 Å². The fourth-order valence-corrected chi connectivity index (χ4v) is 5.12. The smallest absolute Gasteiger partial charge is 0.408 e. The van der Waals surface area contributed by atoms with Crippen LogP contribution in [0.5, 0.6) is 0 Å². The second-order valence-corrected chi connectivity index (χ2v) is 10.3. The summed E-state index contributed by atoms with van der Waals surface area (Å²) in [5, 5.41) is 16.8. The van der Waals surface area contributed by atoms with Gasteiger partial charge in [0.15, 0.2) is 0 Å². The summed E-state index contributed by atoms with van der Waals surface area (Å²) < 4.78 is 5.38. The van der Waals surface area contributed by atoms with Crippen LogP contribution in [-0.2, 0) is 22.6 Å². The Morgan fingerprint density at radius 2 is 1.64 bits per heavy atom. The molecule has 2 amide bonds. The van der Waals surface area contributed by atoms with E-state index in [1.807, 2.05) is 54.6 Å². The van der Waals surface area contributed by atoms with Gasteiger partial charge in [0.1, 0.15) is 12.6 Å². The Labute approximate surface area is 251 Å². The molecule has 10 heteroatoms. The van der Waals surface area contributed by atoms with Crippen LogP contribution in [0, 0.1) is 0 Å². The largest absolute Gasteiger partial charge is 0.478 e. The van der Waals surface area contributed by atoms with E-state index in [-0.39, 0.29) is 23.6 Å². The van der Waals surface area contributed by atoms with Crippen molar-refractivity contribution in [2.75, 3.05) is 5.32 Å². The zero-order valence-corrected chi connectivity index (χ0v) is 23.6. The number of alkyl carbamates (subject to hydrolysis) is 1. The molecule has 42 heavy (non-hydrogen) atoms. The molecular formula is C32H25Cl2N3O5.